The normalized spacial score (nSPS) is 23.1. The fourth-order valence-corrected chi connectivity index (χ4v) is 5.41. The van der Waals surface area contributed by atoms with Crippen LogP contribution in [0.4, 0.5) is 0 Å². The molecule has 2 aliphatic rings. The van der Waals surface area contributed by atoms with Crippen LogP contribution in [0.3, 0.4) is 0 Å². The van der Waals surface area contributed by atoms with Crippen molar-refractivity contribution in [3.8, 4) is 0 Å². The average molecular weight is 325 g/mol. The first-order valence-corrected chi connectivity index (χ1v) is 9.90. The minimum absolute atomic E-state index is 0.307. The number of amides is 1. The van der Waals surface area contributed by atoms with Gasteiger partial charge in [0.25, 0.3) is 0 Å². The summed E-state index contributed by atoms with van der Waals surface area (Å²) in [5.41, 5.74) is 1.40. The van der Waals surface area contributed by atoms with E-state index in [1.54, 1.807) is 0 Å². The topological polar surface area (TPSA) is 32.3 Å². The third-order valence-corrected chi connectivity index (χ3v) is 6.88. The predicted octanol–water partition coefficient (Wildman–Crippen LogP) is 3.07. The molecule has 116 valence electrons. The Morgan fingerprint density at radius 1 is 1.48 bits per heavy atom. The Morgan fingerprint density at radius 3 is 3.05 bits per heavy atom. The Morgan fingerprint density at radius 2 is 2.29 bits per heavy atom. The molecule has 1 fully saturated rings. The number of carbonyl (C=O) groups is 1. The van der Waals surface area contributed by atoms with Crippen molar-refractivity contribution in [3.05, 3.63) is 21.9 Å². The third kappa shape index (κ3) is 3.46. The van der Waals surface area contributed by atoms with Crippen molar-refractivity contribution in [2.75, 3.05) is 25.4 Å². The van der Waals surface area contributed by atoms with E-state index in [1.807, 2.05) is 23.1 Å². The molecule has 2 aliphatic heterocycles. The van der Waals surface area contributed by atoms with Crippen LogP contribution in [-0.2, 0) is 11.2 Å². The SMILES string of the molecule is CCC1c2ccsc2CCN1C(=O)CSC1CCNCC1. The molecule has 0 aromatic carbocycles. The number of hydrogen-bond acceptors (Lipinski definition) is 4. The molecule has 0 radical (unpaired) electrons. The number of thiophene rings is 1. The highest BCUT2D eigenvalue weighted by Gasteiger charge is 2.30. The molecule has 3 rings (SSSR count). The molecule has 1 unspecified atom stereocenters. The first-order valence-electron chi connectivity index (χ1n) is 7.97. The molecule has 5 heteroatoms. The highest BCUT2D eigenvalue weighted by molar-refractivity contribution is 8.00. The largest absolute Gasteiger partial charge is 0.335 e. The zero-order valence-corrected chi connectivity index (χ0v) is 14.3. The lowest BCUT2D eigenvalue weighted by atomic mass is 9.98. The van der Waals surface area contributed by atoms with Crippen LogP contribution in [0.25, 0.3) is 0 Å². The molecule has 1 atom stereocenters. The van der Waals surface area contributed by atoms with Crippen LogP contribution in [0, 0.1) is 0 Å². The molecule has 1 amide bonds. The monoisotopic (exact) mass is 324 g/mol. The molecule has 1 aromatic heterocycles. The molecule has 3 heterocycles. The Labute approximate surface area is 135 Å². The fourth-order valence-electron chi connectivity index (χ4n) is 3.37. The molecule has 3 nitrogen and oxygen atoms in total. The number of hydrogen-bond donors (Lipinski definition) is 1. The smallest absolute Gasteiger partial charge is 0.233 e. The van der Waals surface area contributed by atoms with Crippen LogP contribution in [0.5, 0.6) is 0 Å². The van der Waals surface area contributed by atoms with Gasteiger partial charge in [0.05, 0.1) is 11.8 Å². The van der Waals surface area contributed by atoms with Crippen molar-refractivity contribution in [1.82, 2.24) is 10.2 Å². The Bertz CT molecular complexity index is 482. The van der Waals surface area contributed by atoms with Gasteiger partial charge in [0.15, 0.2) is 0 Å². The van der Waals surface area contributed by atoms with Gasteiger partial charge in [-0.3, -0.25) is 4.79 Å². The first kappa shape index (κ1) is 15.4. The van der Waals surface area contributed by atoms with Gasteiger partial charge in [0.2, 0.25) is 5.91 Å². The summed E-state index contributed by atoms with van der Waals surface area (Å²) in [6.07, 6.45) is 4.45. The van der Waals surface area contributed by atoms with Gasteiger partial charge in [0, 0.05) is 16.7 Å². The van der Waals surface area contributed by atoms with Crippen LogP contribution in [0.15, 0.2) is 11.4 Å². The molecular weight excluding hydrogens is 300 g/mol. The van der Waals surface area contributed by atoms with E-state index in [-0.39, 0.29) is 0 Å². The van der Waals surface area contributed by atoms with Gasteiger partial charge >= 0.3 is 0 Å². The number of nitrogens with zero attached hydrogens (tertiary/aromatic N) is 1. The summed E-state index contributed by atoms with van der Waals surface area (Å²) in [4.78, 5) is 16.2. The van der Waals surface area contributed by atoms with E-state index >= 15 is 0 Å². The standard InChI is InChI=1S/C16H24N2OS2/c1-2-14-13-6-10-20-15(13)5-9-18(14)16(19)11-21-12-3-7-17-8-4-12/h6,10,12,14,17H,2-5,7-9,11H2,1H3. The van der Waals surface area contributed by atoms with Crippen molar-refractivity contribution in [2.45, 2.75) is 43.9 Å². The van der Waals surface area contributed by atoms with Crippen LogP contribution in [0.2, 0.25) is 0 Å². The molecule has 0 bridgehead atoms. The molecule has 21 heavy (non-hydrogen) atoms. The van der Waals surface area contributed by atoms with Crippen molar-refractivity contribution in [1.29, 1.82) is 0 Å². The molecule has 1 N–H and O–H groups in total. The van der Waals surface area contributed by atoms with Crippen molar-refractivity contribution in [3.63, 3.8) is 0 Å². The van der Waals surface area contributed by atoms with E-state index in [1.165, 1.54) is 23.3 Å². The second-order valence-electron chi connectivity index (χ2n) is 5.82. The summed E-state index contributed by atoms with van der Waals surface area (Å²) in [5.74, 6) is 0.989. The molecule has 1 saturated heterocycles. The van der Waals surface area contributed by atoms with Crippen molar-refractivity contribution >= 4 is 29.0 Å². The Hall–Kier alpha value is -0.520. The highest BCUT2D eigenvalue weighted by atomic mass is 32.2. The van der Waals surface area contributed by atoms with Gasteiger partial charge in [-0.1, -0.05) is 6.92 Å². The number of nitrogens with one attached hydrogen (secondary N) is 1. The van der Waals surface area contributed by atoms with Gasteiger partial charge in [-0.2, -0.15) is 0 Å². The van der Waals surface area contributed by atoms with E-state index in [0.717, 1.165) is 32.5 Å². The zero-order chi connectivity index (χ0) is 14.7. The van der Waals surface area contributed by atoms with E-state index in [2.05, 4.69) is 28.6 Å². The second kappa shape index (κ2) is 7.16. The summed E-state index contributed by atoms with van der Waals surface area (Å²) >= 11 is 3.71. The van der Waals surface area contributed by atoms with E-state index in [0.29, 0.717) is 23.0 Å². The van der Waals surface area contributed by atoms with Crippen molar-refractivity contribution in [2.24, 2.45) is 0 Å². The van der Waals surface area contributed by atoms with E-state index < -0.39 is 0 Å². The van der Waals surface area contributed by atoms with Gasteiger partial charge in [-0.05, 0) is 55.8 Å². The van der Waals surface area contributed by atoms with Gasteiger partial charge in [0.1, 0.15) is 0 Å². The maximum Gasteiger partial charge on any atom is 0.233 e. The summed E-state index contributed by atoms with van der Waals surface area (Å²) in [5, 5.41) is 6.22. The van der Waals surface area contributed by atoms with Gasteiger partial charge in [-0.15, -0.1) is 23.1 Å². The van der Waals surface area contributed by atoms with Crippen LogP contribution < -0.4 is 5.32 Å². The molecular formula is C16H24N2OS2. The fraction of sp³-hybridized carbons (Fsp3) is 0.688. The maximum absolute atomic E-state index is 12.6. The summed E-state index contributed by atoms with van der Waals surface area (Å²) in [6.45, 7) is 5.30. The number of fused-ring (bicyclic) bond motifs is 1. The third-order valence-electron chi connectivity index (χ3n) is 4.53. The molecule has 0 aliphatic carbocycles. The molecule has 1 aromatic rings. The first-order chi connectivity index (χ1) is 10.3. The highest BCUT2D eigenvalue weighted by Crippen LogP contribution is 2.35. The molecule has 0 spiro atoms. The van der Waals surface area contributed by atoms with Crippen LogP contribution in [0.1, 0.15) is 42.7 Å². The van der Waals surface area contributed by atoms with Gasteiger partial charge < -0.3 is 10.2 Å². The minimum Gasteiger partial charge on any atom is -0.335 e. The van der Waals surface area contributed by atoms with E-state index in [9.17, 15) is 4.79 Å². The molecule has 0 saturated carbocycles. The Balaban J connectivity index is 1.59. The Kier molecular flexibility index (Phi) is 5.24. The number of piperidine rings is 1. The predicted molar refractivity (Wildman–Crippen MR) is 91.1 cm³/mol. The number of rotatable bonds is 4. The number of carbonyl (C=O) groups excluding carboxylic acids is 1. The van der Waals surface area contributed by atoms with Crippen LogP contribution in [-0.4, -0.2) is 41.4 Å². The lowest BCUT2D eigenvalue weighted by molar-refractivity contribution is -0.131. The average Bonchev–Trinajstić information content (AvgIpc) is 3.01. The van der Waals surface area contributed by atoms with Crippen molar-refractivity contribution < 1.29 is 4.79 Å². The maximum atomic E-state index is 12.6. The minimum atomic E-state index is 0.307. The summed E-state index contributed by atoms with van der Waals surface area (Å²) < 4.78 is 0. The summed E-state index contributed by atoms with van der Waals surface area (Å²) in [6, 6.07) is 2.52. The quantitative estimate of drug-likeness (QED) is 0.924. The lowest BCUT2D eigenvalue weighted by Gasteiger charge is -2.36. The number of thioether (sulfide) groups is 1. The summed E-state index contributed by atoms with van der Waals surface area (Å²) in [7, 11) is 0. The second-order valence-corrected chi connectivity index (χ2v) is 8.11. The zero-order valence-electron chi connectivity index (χ0n) is 12.6. The lowest BCUT2D eigenvalue weighted by Crippen LogP contribution is -2.40. The van der Waals surface area contributed by atoms with E-state index in [4.69, 9.17) is 0 Å². The van der Waals surface area contributed by atoms with Gasteiger partial charge in [-0.25, -0.2) is 0 Å². The van der Waals surface area contributed by atoms with Crippen LogP contribution >= 0.6 is 23.1 Å².